The minimum absolute atomic E-state index is 0. The Morgan fingerprint density at radius 3 is 1.85 bits per heavy atom. The Hall–Kier alpha value is -1.88. The van der Waals surface area contributed by atoms with Crippen molar-refractivity contribution < 1.29 is 45.0 Å². The van der Waals surface area contributed by atoms with E-state index >= 15 is 0 Å². The summed E-state index contributed by atoms with van der Waals surface area (Å²) in [6, 6.07) is -5.88. The molecule has 1 N–H and O–H groups in total. The summed E-state index contributed by atoms with van der Waals surface area (Å²) in [5, 5.41) is 10.6. The van der Waals surface area contributed by atoms with E-state index in [-0.39, 0.29) is 7.43 Å². The Balaban J connectivity index is 0.00000361. The summed E-state index contributed by atoms with van der Waals surface area (Å²) in [5.74, 6) is -2.62. The number of alkyl halides is 8. The van der Waals surface area contributed by atoms with Gasteiger partial charge in [0.1, 0.15) is 5.56 Å². The van der Waals surface area contributed by atoms with Gasteiger partial charge < -0.3 is 5.11 Å². The molecular weight excluding hydrogens is 308 g/mol. The van der Waals surface area contributed by atoms with Crippen LogP contribution in [0.5, 0.6) is 0 Å². The predicted octanol–water partition coefficient (Wildman–Crippen LogP) is 3.35. The van der Waals surface area contributed by atoms with Crippen molar-refractivity contribution in [3.8, 4) is 0 Å². The summed E-state index contributed by atoms with van der Waals surface area (Å²) in [6.45, 7) is 0. The lowest BCUT2D eigenvalue weighted by molar-refractivity contribution is -0.328. The fourth-order valence-corrected chi connectivity index (χ4v) is 1.09. The van der Waals surface area contributed by atoms with Crippen LogP contribution in [0.1, 0.15) is 23.5 Å². The Bertz CT molecular complexity index is 502. The number of carbonyl (C=O) groups is 1. The van der Waals surface area contributed by atoms with Gasteiger partial charge >= 0.3 is 24.4 Å². The molecule has 0 fully saturated rings. The molecule has 0 unspecified atom stereocenters. The van der Waals surface area contributed by atoms with Crippen molar-refractivity contribution in [1.29, 1.82) is 0 Å². The molecule has 116 valence electrons. The van der Waals surface area contributed by atoms with E-state index in [1.165, 1.54) is 0 Å². The highest BCUT2D eigenvalue weighted by Crippen LogP contribution is 2.42. The van der Waals surface area contributed by atoms with E-state index in [4.69, 9.17) is 5.11 Å². The number of aromatic nitrogens is 2. The average Bonchev–Trinajstić information content (AvgIpc) is 2.58. The lowest BCUT2D eigenvalue weighted by Gasteiger charge is -2.20. The summed E-state index contributed by atoms with van der Waals surface area (Å²) in [7, 11) is 0. The minimum atomic E-state index is -6.30. The second kappa shape index (κ2) is 4.90. The predicted molar refractivity (Wildman–Crippen MR) is 47.2 cm³/mol. The number of carboxylic acid groups (broad SMARTS) is 1. The molecule has 0 aliphatic rings. The van der Waals surface area contributed by atoms with Crippen LogP contribution in [0.25, 0.3) is 0 Å². The Kier molecular flexibility index (Phi) is 4.44. The number of hydrogen-bond donors (Lipinski definition) is 1. The molecule has 1 rings (SSSR count). The van der Waals surface area contributed by atoms with Crippen molar-refractivity contribution in [2.45, 2.75) is 25.8 Å². The monoisotopic (exact) mass is 314 g/mol. The zero-order valence-electron chi connectivity index (χ0n) is 8.35. The van der Waals surface area contributed by atoms with Gasteiger partial charge in [-0.1, -0.05) is 7.43 Å². The average molecular weight is 314 g/mol. The van der Waals surface area contributed by atoms with E-state index in [0.717, 1.165) is 0 Å². The molecule has 20 heavy (non-hydrogen) atoms. The first-order valence-electron chi connectivity index (χ1n) is 4.13. The number of hydrogen-bond acceptors (Lipinski definition) is 2. The van der Waals surface area contributed by atoms with Crippen molar-refractivity contribution in [2.75, 3.05) is 0 Å². The summed E-state index contributed by atoms with van der Waals surface area (Å²) >= 11 is 0. The second-order valence-electron chi connectivity index (χ2n) is 3.16. The highest BCUT2D eigenvalue weighted by atomic mass is 19.4. The quantitative estimate of drug-likeness (QED) is 0.852. The number of halogens is 8. The first-order valence-corrected chi connectivity index (χ1v) is 4.13. The first-order chi connectivity index (χ1) is 8.30. The van der Waals surface area contributed by atoms with Gasteiger partial charge in [-0.3, -0.25) is 0 Å². The molecule has 0 bridgehead atoms. The van der Waals surface area contributed by atoms with Gasteiger partial charge in [-0.15, -0.1) is 0 Å². The van der Waals surface area contributed by atoms with Gasteiger partial charge in [-0.05, 0) is 0 Å². The summed E-state index contributed by atoms with van der Waals surface area (Å²) in [4.78, 5) is 10.5. The van der Waals surface area contributed by atoms with E-state index in [0.29, 0.717) is 0 Å². The summed E-state index contributed by atoms with van der Waals surface area (Å²) in [6.07, 6.45) is -12.1. The molecule has 0 aliphatic carbocycles. The molecule has 12 heteroatoms. The van der Waals surface area contributed by atoms with Crippen LogP contribution in [-0.2, 0) is 12.2 Å². The summed E-state index contributed by atoms with van der Waals surface area (Å²) in [5.41, 5.74) is -4.50. The molecule has 0 saturated heterocycles. The van der Waals surface area contributed by atoms with Crippen molar-refractivity contribution in [3.63, 3.8) is 0 Å². The molecule has 0 saturated carbocycles. The van der Waals surface area contributed by atoms with Crippen LogP contribution >= 0.6 is 0 Å². The van der Waals surface area contributed by atoms with Crippen LogP contribution in [-0.4, -0.2) is 27.0 Å². The maximum Gasteiger partial charge on any atom is 0.477 e. The van der Waals surface area contributed by atoms with Crippen LogP contribution in [0, 0.1) is 0 Å². The summed E-state index contributed by atoms with van der Waals surface area (Å²) < 4.78 is 96.9. The smallest absolute Gasteiger partial charge is 0.477 e. The molecule has 0 atom stereocenters. The molecule has 0 aromatic carbocycles. The lowest BCUT2D eigenvalue weighted by atomic mass is 10.2. The number of carboxylic acids is 1. The molecule has 0 spiro atoms. The first kappa shape index (κ1) is 18.1. The van der Waals surface area contributed by atoms with E-state index < -0.39 is 46.5 Å². The van der Waals surface area contributed by atoms with Crippen LogP contribution < -0.4 is 0 Å². The lowest BCUT2D eigenvalue weighted by Crippen LogP contribution is -2.42. The SMILES string of the molecule is C.O=C(O)c1c(C(F)(F)F)cnn1C(F)(F)C(F)(F)F. The number of aromatic carboxylic acids is 1. The van der Waals surface area contributed by atoms with Gasteiger partial charge in [-0.2, -0.15) is 44.9 Å². The number of nitrogens with zero attached hydrogens (tertiary/aromatic N) is 2. The van der Waals surface area contributed by atoms with Gasteiger partial charge in [0.05, 0.1) is 6.20 Å². The molecule has 1 aromatic heterocycles. The Morgan fingerprint density at radius 2 is 1.55 bits per heavy atom. The zero-order chi connectivity index (χ0) is 15.2. The van der Waals surface area contributed by atoms with Gasteiger partial charge in [0, 0.05) is 0 Å². The van der Waals surface area contributed by atoms with E-state index in [1.54, 1.807) is 0 Å². The van der Waals surface area contributed by atoms with Crippen LogP contribution in [0.15, 0.2) is 6.20 Å². The zero-order valence-corrected chi connectivity index (χ0v) is 8.35. The molecular formula is C8H6F8N2O2. The fraction of sp³-hybridized carbons (Fsp3) is 0.500. The number of rotatable bonds is 2. The van der Waals surface area contributed by atoms with Crippen LogP contribution in [0.3, 0.4) is 0 Å². The maximum absolute atomic E-state index is 12.8. The highest BCUT2D eigenvalue weighted by molar-refractivity contribution is 5.87. The Labute approximate surface area is 105 Å². The van der Waals surface area contributed by atoms with E-state index in [9.17, 15) is 39.9 Å². The molecule has 1 aromatic rings. The normalized spacial score (nSPS) is 13.0. The standard InChI is InChI=1S/C7H2F8N2O2.CH4/c8-5(9,10)2-1-16-17(3(2)4(18)19)7(14,15)6(11,12)13;/h1H,(H,18,19);1H4. The van der Waals surface area contributed by atoms with Gasteiger partial charge in [0.25, 0.3) is 0 Å². The van der Waals surface area contributed by atoms with Crippen LogP contribution in [0.2, 0.25) is 0 Å². The van der Waals surface area contributed by atoms with Crippen molar-refractivity contribution in [1.82, 2.24) is 9.78 Å². The molecule has 0 radical (unpaired) electrons. The topological polar surface area (TPSA) is 55.1 Å². The second-order valence-corrected chi connectivity index (χ2v) is 3.16. The van der Waals surface area contributed by atoms with E-state index in [1.807, 2.05) is 0 Å². The molecule has 0 aliphatic heterocycles. The van der Waals surface area contributed by atoms with Crippen molar-refractivity contribution in [3.05, 3.63) is 17.5 Å². The Morgan fingerprint density at radius 1 is 1.10 bits per heavy atom. The third kappa shape index (κ3) is 2.82. The van der Waals surface area contributed by atoms with Gasteiger partial charge in [0.15, 0.2) is 5.69 Å². The maximum atomic E-state index is 12.8. The van der Waals surface area contributed by atoms with Gasteiger partial charge in [0.2, 0.25) is 0 Å². The van der Waals surface area contributed by atoms with Crippen molar-refractivity contribution in [2.24, 2.45) is 0 Å². The van der Waals surface area contributed by atoms with E-state index in [2.05, 4.69) is 5.10 Å². The minimum Gasteiger partial charge on any atom is -0.477 e. The fourth-order valence-electron chi connectivity index (χ4n) is 1.09. The highest BCUT2D eigenvalue weighted by Gasteiger charge is 2.62. The molecule has 0 amide bonds. The molecule has 1 heterocycles. The van der Waals surface area contributed by atoms with Crippen LogP contribution in [0.4, 0.5) is 35.1 Å². The van der Waals surface area contributed by atoms with Crippen molar-refractivity contribution >= 4 is 5.97 Å². The van der Waals surface area contributed by atoms with Gasteiger partial charge in [-0.25, -0.2) is 4.79 Å². The third-order valence-electron chi connectivity index (χ3n) is 1.88. The molecule has 4 nitrogen and oxygen atoms in total. The third-order valence-corrected chi connectivity index (χ3v) is 1.88. The largest absolute Gasteiger partial charge is 0.477 e.